The van der Waals surface area contributed by atoms with Gasteiger partial charge in [0.05, 0.1) is 0 Å². The van der Waals surface area contributed by atoms with Crippen LogP contribution in [0.5, 0.6) is 0 Å². The molecule has 0 heterocycles. The number of aliphatic carboxylic acids is 1. The Morgan fingerprint density at radius 3 is 2.65 bits per heavy atom. The number of halogens is 2. The van der Waals surface area contributed by atoms with E-state index in [1.54, 1.807) is 0 Å². The third-order valence-electron chi connectivity index (χ3n) is 2.11. The summed E-state index contributed by atoms with van der Waals surface area (Å²) in [5.41, 5.74) is 0.467. The number of carbonyl (C=O) groups is 2. The summed E-state index contributed by atoms with van der Waals surface area (Å²) in [4.78, 5) is 21.7. The van der Waals surface area contributed by atoms with Crippen molar-refractivity contribution in [3.8, 4) is 0 Å². The molecule has 1 unspecified atom stereocenters. The summed E-state index contributed by atoms with van der Waals surface area (Å²) >= 11 is 5.77. The van der Waals surface area contributed by atoms with Crippen LogP contribution in [0, 0.1) is 5.82 Å². The van der Waals surface area contributed by atoms with Crippen LogP contribution in [0.1, 0.15) is 12.5 Å². The molecule has 1 atom stereocenters. The molecule has 0 saturated carbocycles. The molecular formula is C11H11ClFNO3. The number of amides is 1. The molecule has 1 aromatic rings. The Labute approximate surface area is 102 Å². The zero-order valence-electron chi connectivity index (χ0n) is 9.04. The van der Waals surface area contributed by atoms with Crippen LogP contribution >= 0.6 is 11.6 Å². The first-order valence-corrected chi connectivity index (χ1v) is 5.21. The first kappa shape index (κ1) is 13.4. The Kier molecular flexibility index (Phi) is 4.45. The largest absolute Gasteiger partial charge is 0.480 e. The van der Waals surface area contributed by atoms with E-state index >= 15 is 0 Å². The fourth-order valence-electron chi connectivity index (χ4n) is 1.35. The average Bonchev–Trinajstić information content (AvgIpc) is 2.19. The number of benzene rings is 1. The fraction of sp³-hybridized carbons (Fsp3) is 0.273. The summed E-state index contributed by atoms with van der Waals surface area (Å²) in [5, 5.41) is 11.3. The second-order valence-corrected chi connectivity index (χ2v) is 3.94. The number of hydrogen-bond donors (Lipinski definition) is 2. The molecule has 1 rings (SSSR count). The van der Waals surface area contributed by atoms with Gasteiger partial charge in [0.2, 0.25) is 5.91 Å². The lowest BCUT2D eigenvalue weighted by Gasteiger charge is -2.14. The summed E-state index contributed by atoms with van der Waals surface area (Å²) in [6.07, 6.45) is 0.00796. The van der Waals surface area contributed by atoms with Crippen LogP contribution < -0.4 is 5.32 Å². The molecule has 2 N–H and O–H groups in total. The van der Waals surface area contributed by atoms with Gasteiger partial charge in [-0.1, -0.05) is 17.7 Å². The highest BCUT2D eigenvalue weighted by atomic mass is 35.5. The van der Waals surface area contributed by atoms with E-state index in [9.17, 15) is 14.0 Å². The van der Waals surface area contributed by atoms with Gasteiger partial charge in [-0.2, -0.15) is 0 Å². The molecule has 1 amide bonds. The highest BCUT2D eigenvalue weighted by Gasteiger charge is 2.20. The maximum atomic E-state index is 12.8. The maximum Gasteiger partial charge on any atom is 0.326 e. The lowest BCUT2D eigenvalue weighted by molar-refractivity contribution is -0.141. The van der Waals surface area contributed by atoms with Crippen LogP contribution in [0.2, 0.25) is 5.02 Å². The van der Waals surface area contributed by atoms with Gasteiger partial charge in [0.25, 0.3) is 0 Å². The maximum absolute atomic E-state index is 12.8. The van der Waals surface area contributed by atoms with E-state index in [4.69, 9.17) is 16.7 Å². The van der Waals surface area contributed by atoms with Gasteiger partial charge in [-0.25, -0.2) is 9.18 Å². The standard InChI is InChI=1S/C11H11ClFNO3/c1-6(15)14-10(11(16)17)4-7-2-3-8(13)5-9(7)12/h2-3,5,10H,4H2,1H3,(H,14,15)(H,16,17). The Bertz CT molecular complexity index is 450. The number of carbonyl (C=O) groups excluding carboxylic acids is 1. The molecule has 0 saturated heterocycles. The lowest BCUT2D eigenvalue weighted by atomic mass is 10.1. The van der Waals surface area contributed by atoms with Crippen molar-refractivity contribution in [2.75, 3.05) is 0 Å². The molecule has 0 aliphatic carbocycles. The van der Waals surface area contributed by atoms with E-state index < -0.39 is 23.7 Å². The second-order valence-electron chi connectivity index (χ2n) is 3.53. The summed E-state index contributed by atoms with van der Waals surface area (Å²) in [5.74, 6) is -2.11. The van der Waals surface area contributed by atoms with Crippen molar-refractivity contribution in [2.45, 2.75) is 19.4 Å². The topological polar surface area (TPSA) is 66.4 Å². The Hall–Kier alpha value is -1.62. The van der Waals surface area contributed by atoms with Crippen molar-refractivity contribution in [2.24, 2.45) is 0 Å². The minimum absolute atomic E-state index is 0.00796. The molecule has 0 aromatic heterocycles. The van der Waals surface area contributed by atoms with E-state index in [1.807, 2.05) is 0 Å². The minimum atomic E-state index is -1.17. The molecule has 0 aliphatic rings. The molecule has 92 valence electrons. The smallest absolute Gasteiger partial charge is 0.326 e. The number of carboxylic acid groups (broad SMARTS) is 1. The SMILES string of the molecule is CC(=O)NC(Cc1ccc(F)cc1Cl)C(=O)O. The van der Waals surface area contributed by atoms with Crippen LogP contribution in [0.4, 0.5) is 4.39 Å². The van der Waals surface area contributed by atoms with Gasteiger partial charge in [-0.3, -0.25) is 4.79 Å². The molecule has 4 nitrogen and oxygen atoms in total. The summed E-state index contributed by atoms with van der Waals surface area (Å²) in [6, 6.07) is 2.61. The van der Waals surface area contributed by atoms with Gasteiger partial charge >= 0.3 is 5.97 Å². The Balaban J connectivity index is 2.86. The zero-order chi connectivity index (χ0) is 13.0. The lowest BCUT2D eigenvalue weighted by Crippen LogP contribution is -2.41. The van der Waals surface area contributed by atoms with E-state index in [-0.39, 0.29) is 11.4 Å². The van der Waals surface area contributed by atoms with E-state index in [1.165, 1.54) is 19.1 Å². The Morgan fingerprint density at radius 2 is 2.18 bits per heavy atom. The first-order valence-electron chi connectivity index (χ1n) is 4.84. The van der Waals surface area contributed by atoms with Gasteiger partial charge in [0.1, 0.15) is 11.9 Å². The quantitative estimate of drug-likeness (QED) is 0.863. The average molecular weight is 260 g/mol. The zero-order valence-corrected chi connectivity index (χ0v) is 9.79. The van der Waals surface area contributed by atoms with E-state index in [0.29, 0.717) is 5.56 Å². The van der Waals surface area contributed by atoms with Gasteiger partial charge in [0.15, 0.2) is 0 Å². The second kappa shape index (κ2) is 5.63. The van der Waals surface area contributed by atoms with Gasteiger partial charge in [0, 0.05) is 18.4 Å². The van der Waals surface area contributed by atoms with E-state index in [0.717, 1.165) is 6.07 Å². The fourth-order valence-corrected chi connectivity index (χ4v) is 1.60. The van der Waals surface area contributed by atoms with Crippen molar-refractivity contribution < 1.29 is 19.1 Å². The van der Waals surface area contributed by atoms with Gasteiger partial charge in [-0.05, 0) is 17.7 Å². The summed E-state index contributed by atoms with van der Waals surface area (Å²) in [6.45, 7) is 1.22. The molecule has 0 bridgehead atoms. The minimum Gasteiger partial charge on any atom is -0.480 e. The molecule has 0 fully saturated rings. The predicted octanol–water partition coefficient (Wildman–Crippen LogP) is 1.61. The molecule has 0 spiro atoms. The molecule has 6 heteroatoms. The van der Waals surface area contributed by atoms with Crippen molar-refractivity contribution in [1.82, 2.24) is 5.32 Å². The van der Waals surface area contributed by atoms with Crippen molar-refractivity contribution in [3.63, 3.8) is 0 Å². The van der Waals surface area contributed by atoms with Crippen LogP contribution in [0.15, 0.2) is 18.2 Å². The van der Waals surface area contributed by atoms with Crippen LogP contribution in [-0.4, -0.2) is 23.0 Å². The third kappa shape index (κ3) is 4.03. The molecule has 1 aromatic carbocycles. The molecular weight excluding hydrogens is 249 g/mol. The molecule has 17 heavy (non-hydrogen) atoms. The van der Waals surface area contributed by atoms with Crippen LogP contribution in [0.25, 0.3) is 0 Å². The summed E-state index contributed by atoms with van der Waals surface area (Å²) in [7, 11) is 0. The number of hydrogen-bond acceptors (Lipinski definition) is 2. The monoisotopic (exact) mass is 259 g/mol. The normalized spacial score (nSPS) is 11.9. The molecule has 0 radical (unpaired) electrons. The number of carboxylic acids is 1. The highest BCUT2D eigenvalue weighted by Crippen LogP contribution is 2.18. The van der Waals surface area contributed by atoms with E-state index in [2.05, 4.69) is 5.32 Å². The third-order valence-corrected chi connectivity index (χ3v) is 2.47. The van der Waals surface area contributed by atoms with Crippen LogP contribution in [0.3, 0.4) is 0 Å². The highest BCUT2D eigenvalue weighted by molar-refractivity contribution is 6.31. The number of nitrogens with one attached hydrogen (secondary N) is 1. The van der Waals surface area contributed by atoms with Gasteiger partial charge < -0.3 is 10.4 Å². The van der Waals surface area contributed by atoms with Crippen molar-refractivity contribution >= 4 is 23.5 Å². The van der Waals surface area contributed by atoms with Crippen molar-refractivity contribution in [1.29, 1.82) is 0 Å². The predicted molar refractivity (Wildman–Crippen MR) is 60.4 cm³/mol. The molecule has 0 aliphatic heterocycles. The Morgan fingerprint density at radius 1 is 1.53 bits per heavy atom. The number of rotatable bonds is 4. The van der Waals surface area contributed by atoms with Crippen LogP contribution in [-0.2, 0) is 16.0 Å². The van der Waals surface area contributed by atoms with Crippen molar-refractivity contribution in [3.05, 3.63) is 34.6 Å². The first-order chi connectivity index (χ1) is 7.90. The summed E-state index contributed by atoms with van der Waals surface area (Å²) < 4.78 is 12.8. The van der Waals surface area contributed by atoms with Gasteiger partial charge in [-0.15, -0.1) is 0 Å².